The first-order valence-corrected chi connectivity index (χ1v) is 12.1. The smallest absolute Gasteiger partial charge is 0.303 e. The largest absolute Gasteiger partial charge is 0.481 e. The lowest BCUT2D eigenvalue weighted by Gasteiger charge is -2.38. The van der Waals surface area contributed by atoms with E-state index in [4.69, 9.17) is 9.84 Å². The Morgan fingerprint density at radius 3 is 2.75 bits per heavy atom. The van der Waals surface area contributed by atoms with Crippen molar-refractivity contribution in [1.82, 2.24) is 0 Å². The van der Waals surface area contributed by atoms with Crippen LogP contribution < -0.4 is 0 Å². The van der Waals surface area contributed by atoms with Crippen LogP contribution in [0.15, 0.2) is 48.6 Å². The minimum Gasteiger partial charge on any atom is -0.481 e. The standard InChI is InChI=1S/C27H37FO4/c1-2-3-6-9-22(29)16-17-23-24(10-7-4-5-8-11-26(30)31)27(18-25(23)32-19-27)20-12-14-21(28)15-13-20/h4,7,12-17,22-25,29H,2-3,5-6,8-11,18-19H2,1H3,(H,30,31)/b7-4+,17-16+/t22-,23+,24+,25?,27?/m0/s1. The van der Waals surface area contributed by atoms with E-state index in [1.54, 1.807) is 0 Å². The number of halogens is 1. The lowest BCUT2D eigenvalue weighted by Crippen LogP contribution is -2.39. The molecule has 5 atom stereocenters. The molecule has 2 N–H and O–H groups in total. The number of hydrogen-bond acceptors (Lipinski definition) is 3. The summed E-state index contributed by atoms with van der Waals surface area (Å²) in [5.41, 5.74) is 0.955. The van der Waals surface area contributed by atoms with Crippen LogP contribution in [-0.4, -0.2) is 35.0 Å². The molecule has 1 aromatic rings. The highest BCUT2D eigenvalue weighted by molar-refractivity contribution is 5.66. The second-order valence-corrected chi connectivity index (χ2v) is 9.34. The van der Waals surface area contributed by atoms with E-state index in [9.17, 15) is 14.3 Å². The molecular weight excluding hydrogens is 407 g/mol. The summed E-state index contributed by atoms with van der Waals surface area (Å²) in [6.45, 7) is 2.79. The maximum atomic E-state index is 13.6. The summed E-state index contributed by atoms with van der Waals surface area (Å²) in [7, 11) is 0. The molecule has 2 fully saturated rings. The van der Waals surface area contributed by atoms with Crippen LogP contribution in [0.2, 0.25) is 0 Å². The van der Waals surface area contributed by atoms with Gasteiger partial charge in [-0.25, -0.2) is 4.39 Å². The molecule has 5 heteroatoms. The molecule has 2 aliphatic rings. The van der Waals surface area contributed by atoms with Crippen LogP contribution in [0.5, 0.6) is 0 Å². The number of unbranched alkanes of at least 4 members (excludes halogenated alkanes) is 3. The van der Waals surface area contributed by atoms with Gasteiger partial charge in [-0.15, -0.1) is 0 Å². The maximum absolute atomic E-state index is 13.6. The van der Waals surface area contributed by atoms with Crippen LogP contribution >= 0.6 is 0 Å². The number of carbonyl (C=O) groups is 1. The van der Waals surface area contributed by atoms with Gasteiger partial charge < -0.3 is 14.9 Å². The van der Waals surface area contributed by atoms with Crippen molar-refractivity contribution < 1.29 is 24.1 Å². The van der Waals surface area contributed by atoms with Crippen molar-refractivity contribution in [1.29, 1.82) is 0 Å². The summed E-state index contributed by atoms with van der Waals surface area (Å²) in [6.07, 6.45) is 15.4. The van der Waals surface area contributed by atoms with E-state index in [0.29, 0.717) is 18.9 Å². The predicted molar refractivity (Wildman–Crippen MR) is 124 cm³/mol. The van der Waals surface area contributed by atoms with E-state index in [-0.39, 0.29) is 29.7 Å². The second kappa shape index (κ2) is 11.8. The Bertz CT molecular complexity index is 787. The van der Waals surface area contributed by atoms with Crippen LogP contribution in [0.4, 0.5) is 4.39 Å². The Kier molecular flexibility index (Phi) is 9.06. The minimum absolute atomic E-state index is 0.101. The molecule has 0 radical (unpaired) electrons. The molecule has 1 aliphatic carbocycles. The van der Waals surface area contributed by atoms with Crippen LogP contribution in [-0.2, 0) is 14.9 Å². The van der Waals surface area contributed by atoms with Crippen LogP contribution in [0, 0.1) is 17.7 Å². The van der Waals surface area contributed by atoms with Gasteiger partial charge in [-0.05, 0) is 55.7 Å². The fraction of sp³-hybridized carbons (Fsp3) is 0.593. The van der Waals surface area contributed by atoms with E-state index >= 15 is 0 Å². The molecule has 1 saturated heterocycles. The quantitative estimate of drug-likeness (QED) is 0.298. The van der Waals surface area contributed by atoms with Crippen molar-refractivity contribution in [2.75, 3.05) is 6.61 Å². The van der Waals surface area contributed by atoms with Gasteiger partial charge in [-0.2, -0.15) is 0 Å². The molecule has 32 heavy (non-hydrogen) atoms. The van der Waals surface area contributed by atoms with Gasteiger partial charge in [0.1, 0.15) is 5.82 Å². The summed E-state index contributed by atoms with van der Waals surface area (Å²) in [5.74, 6) is -0.512. The number of hydrogen-bond donors (Lipinski definition) is 2. The van der Waals surface area contributed by atoms with Gasteiger partial charge in [-0.1, -0.05) is 62.6 Å². The molecule has 1 saturated carbocycles. The van der Waals surface area contributed by atoms with Crippen molar-refractivity contribution >= 4 is 5.97 Å². The van der Waals surface area contributed by atoms with Crippen molar-refractivity contribution in [3.8, 4) is 0 Å². The van der Waals surface area contributed by atoms with Gasteiger partial charge in [0.25, 0.3) is 0 Å². The number of rotatable bonds is 13. The first-order chi connectivity index (χ1) is 15.5. The second-order valence-electron chi connectivity index (χ2n) is 9.34. The first-order valence-electron chi connectivity index (χ1n) is 12.1. The highest BCUT2D eigenvalue weighted by Gasteiger charge is 2.58. The number of ether oxygens (including phenoxy) is 1. The van der Waals surface area contributed by atoms with E-state index in [1.807, 2.05) is 18.2 Å². The molecule has 2 unspecified atom stereocenters. The van der Waals surface area contributed by atoms with E-state index in [1.165, 1.54) is 12.1 Å². The Hall–Kier alpha value is -1.98. The molecule has 3 rings (SSSR count). The van der Waals surface area contributed by atoms with Crippen molar-refractivity contribution in [2.24, 2.45) is 11.8 Å². The molecule has 2 bridgehead atoms. The lowest BCUT2D eigenvalue weighted by atomic mass is 9.69. The predicted octanol–water partition coefficient (Wildman–Crippen LogP) is 5.80. The van der Waals surface area contributed by atoms with Crippen LogP contribution in [0.1, 0.15) is 70.3 Å². The highest BCUT2D eigenvalue weighted by Crippen LogP contribution is 2.57. The third-order valence-electron chi connectivity index (χ3n) is 7.12. The monoisotopic (exact) mass is 444 g/mol. The van der Waals surface area contributed by atoms with Gasteiger partial charge in [0, 0.05) is 17.8 Å². The molecule has 1 heterocycles. The number of aliphatic carboxylic acids is 1. The highest BCUT2D eigenvalue weighted by atomic mass is 19.1. The number of aliphatic hydroxyl groups excluding tert-OH is 1. The van der Waals surface area contributed by atoms with Crippen LogP contribution in [0.3, 0.4) is 0 Å². The average Bonchev–Trinajstić information content (AvgIpc) is 3.33. The SMILES string of the molecule is CCCCC[C@H](O)/C=C/[C@H]1C2CC(c3ccc(F)cc3)(CO2)[C@@H]1C/C=C/CCCC(=O)O. The topological polar surface area (TPSA) is 66.8 Å². The Labute approximate surface area is 191 Å². The minimum atomic E-state index is -0.762. The van der Waals surface area contributed by atoms with E-state index < -0.39 is 12.1 Å². The molecule has 4 nitrogen and oxygen atoms in total. The molecule has 0 aromatic heterocycles. The fourth-order valence-corrected chi connectivity index (χ4v) is 5.39. The molecule has 1 aliphatic heterocycles. The molecule has 0 spiro atoms. The van der Waals surface area contributed by atoms with Gasteiger partial charge in [0.2, 0.25) is 0 Å². The molecule has 0 amide bonds. The summed E-state index contributed by atoms with van der Waals surface area (Å²) in [6, 6.07) is 6.82. The number of allylic oxidation sites excluding steroid dienone is 2. The molecule has 1 aromatic carbocycles. The zero-order valence-electron chi connectivity index (χ0n) is 19.1. The number of carboxylic acids is 1. The first kappa shape index (κ1) is 24.7. The van der Waals surface area contributed by atoms with Gasteiger partial charge in [0.05, 0.1) is 18.8 Å². The number of carboxylic acid groups (broad SMARTS) is 1. The van der Waals surface area contributed by atoms with E-state index in [0.717, 1.165) is 50.5 Å². The van der Waals surface area contributed by atoms with Crippen LogP contribution in [0.25, 0.3) is 0 Å². The zero-order chi connectivity index (χ0) is 23.0. The normalized spacial score (nSPS) is 28.2. The number of aliphatic hydroxyl groups is 1. The maximum Gasteiger partial charge on any atom is 0.303 e. The van der Waals surface area contributed by atoms with Crippen molar-refractivity contribution in [3.63, 3.8) is 0 Å². The molecular formula is C27H37FO4. The van der Waals surface area contributed by atoms with Crippen molar-refractivity contribution in [2.45, 2.75) is 82.3 Å². The van der Waals surface area contributed by atoms with Gasteiger partial charge in [0.15, 0.2) is 0 Å². The zero-order valence-corrected chi connectivity index (χ0v) is 19.1. The summed E-state index contributed by atoms with van der Waals surface area (Å²) in [5, 5.41) is 19.2. The lowest BCUT2D eigenvalue weighted by molar-refractivity contribution is -0.137. The Morgan fingerprint density at radius 2 is 2.03 bits per heavy atom. The number of benzene rings is 1. The summed E-state index contributed by atoms with van der Waals surface area (Å²) >= 11 is 0. The van der Waals surface area contributed by atoms with Gasteiger partial charge >= 0.3 is 5.97 Å². The third kappa shape index (κ3) is 6.08. The number of fused-ring (bicyclic) bond motifs is 2. The summed E-state index contributed by atoms with van der Waals surface area (Å²) < 4.78 is 19.7. The van der Waals surface area contributed by atoms with Gasteiger partial charge in [-0.3, -0.25) is 4.79 Å². The van der Waals surface area contributed by atoms with E-state index in [2.05, 4.69) is 25.2 Å². The Morgan fingerprint density at radius 1 is 1.25 bits per heavy atom. The third-order valence-corrected chi connectivity index (χ3v) is 7.12. The average molecular weight is 445 g/mol. The molecule has 176 valence electrons. The Balaban J connectivity index is 1.74. The summed E-state index contributed by atoms with van der Waals surface area (Å²) in [4.78, 5) is 10.7. The fourth-order valence-electron chi connectivity index (χ4n) is 5.39. The van der Waals surface area contributed by atoms with Crippen molar-refractivity contribution in [3.05, 3.63) is 60.0 Å².